The number of hydrogen-bond acceptors (Lipinski definition) is 2. The Morgan fingerprint density at radius 3 is 2.62 bits per heavy atom. The van der Waals surface area contributed by atoms with Gasteiger partial charge in [-0.15, -0.1) is 0 Å². The molecule has 2 N–H and O–H groups in total. The van der Waals surface area contributed by atoms with E-state index in [1.54, 1.807) is 0 Å². The third kappa shape index (κ3) is 3.47. The fraction of sp³-hybridized carbons (Fsp3) is 0.462. The summed E-state index contributed by atoms with van der Waals surface area (Å²) in [6.07, 6.45) is -4.71. The quantitative estimate of drug-likeness (QED) is 0.807. The summed E-state index contributed by atoms with van der Waals surface area (Å²) in [7, 11) is 0. The van der Waals surface area contributed by atoms with Crippen molar-refractivity contribution in [2.75, 3.05) is 6.54 Å². The standard InChI is InChI=1S/C13H13ClF4N2O/c14-7-1-3-10(15)9(5-7)12(21)20-6-8(19)2-4-11(20)13(16,17)18/h1,3,5,8,11H,2,4,6,19H2/t8-,11+/m1/s1. The van der Waals surface area contributed by atoms with E-state index in [-0.39, 0.29) is 24.4 Å². The highest BCUT2D eigenvalue weighted by atomic mass is 35.5. The Morgan fingerprint density at radius 2 is 2.00 bits per heavy atom. The number of likely N-dealkylation sites (tertiary alicyclic amines) is 1. The van der Waals surface area contributed by atoms with Crippen LogP contribution in [0.5, 0.6) is 0 Å². The Morgan fingerprint density at radius 1 is 1.33 bits per heavy atom. The van der Waals surface area contributed by atoms with Gasteiger partial charge in [-0.05, 0) is 31.0 Å². The zero-order valence-electron chi connectivity index (χ0n) is 10.8. The van der Waals surface area contributed by atoms with Gasteiger partial charge in [-0.1, -0.05) is 11.6 Å². The molecule has 3 nitrogen and oxygen atoms in total. The fourth-order valence-corrected chi connectivity index (χ4v) is 2.55. The lowest BCUT2D eigenvalue weighted by atomic mass is 9.97. The highest BCUT2D eigenvalue weighted by molar-refractivity contribution is 6.31. The van der Waals surface area contributed by atoms with Crippen molar-refractivity contribution in [2.24, 2.45) is 5.73 Å². The van der Waals surface area contributed by atoms with E-state index < -0.39 is 35.5 Å². The van der Waals surface area contributed by atoms with Gasteiger partial charge in [-0.3, -0.25) is 4.79 Å². The van der Waals surface area contributed by atoms with Crippen LogP contribution in [0, 0.1) is 5.82 Å². The van der Waals surface area contributed by atoms with Gasteiger partial charge in [0.1, 0.15) is 11.9 Å². The maximum Gasteiger partial charge on any atom is 0.408 e. The van der Waals surface area contributed by atoms with Crippen LogP contribution in [-0.2, 0) is 0 Å². The Bertz CT molecular complexity index is 549. The monoisotopic (exact) mass is 324 g/mol. The van der Waals surface area contributed by atoms with Crippen molar-refractivity contribution in [1.82, 2.24) is 4.90 Å². The normalized spacial score (nSPS) is 23.2. The highest BCUT2D eigenvalue weighted by Crippen LogP contribution is 2.33. The van der Waals surface area contributed by atoms with Crippen LogP contribution in [0.4, 0.5) is 17.6 Å². The number of alkyl halides is 3. The van der Waals surface area contributed by atoms with E-state index in [9.17, 15) is 22.4 Å². The molecule has 1 aliphatic rings. The Hall–Kier alpha value is -1.34. The number of halogens is 5. The van der Waals surface area contributed by atoms with Crippen molar-refractivity contribution in [3.8, 4) is 0 Å². The molecule has 21 heavy (non-hydrogen) atoms. The zero-order valence-corrected chi connectivity index (χ0v) is 11.6. The third-order valence-corrected chi connectivity index (χ3v) is 3.65. The molecule has 2 rings (SSSR count). The zero-order chi connectivity index (χ0) is 15.8. The summed E-state index contributed by atoms with van der Waals surface area (Å²) in [6.45, 7) is -0.269. The molecule has 0 aliphatic carbocycles. The second-order valence-electron chi connectivity index (χ2n) is 4.98. The third-order valence-electron chi connectivity index (χ3n) is 3.42. The van der Waals surface area contributed by atoms with Crippen LogP contribution in [0.1, 0.15) is 23.2 Å². The summed E-state index contributed by atoms with van der Waals surface area (Å²) in [4.78, 5) is 12.8. The number of carbonyl (C=O) groups is 1. The second-order valence-corrected chi connectivity index (χ2v) is 5.41. The number of hydrogen-bond donors (Lipinski definition) is 1. The Labute approximate surface area is 123 Å². The minimum atomic E-state index is -4.58. The largest absolute Gasteiger partial charge is 0.408 e. The van der Waals surface area contributed by atoms with Crippen LogP contribution in [0.25, 0.3) is 0 Å². The minimum absolute atomic E-state index is 0.0737. The van der Waals surface area contributed by atoms with E-state index in [1.807, 2.05) is 0 Å². The molecular weight excluding hydrogens is 312 g/mol. The van der Waals surface area contributed by atoms with Gasteiger partial charge in [-0.25, -0.2) is 4.39 Å². The van der Waals surface area contributed by atoms with E-state index in [0.717, 1.165) is 12.1 Å². The van der Waals surface area contributed by atoms with Crippen molar-refractivity contribution in [2.45, 2.75) is 31.1 Å². The molecule has 1 fully saturated rings. The number of piperidine rings is 1. The Balaban J connectivity index is 2.35. The topological polar surface area (TPSA) is 46.3 Å². The minimum Gasteiger partial charge on any atom is -0.326 e. The smallest absolute Gasteiger partial charge is 0.326 e. The van der Waals surface area contributed by atoms with Crippen LogP contribution < -0.4 is 5.73 Å². The van der Waals surface area contributed by atoms with Gasteiger partial charge in [-0.2, -0.15) is 13.2 Å². The number of carbonyl (C=O) groups excluding carboxylic acids is 1. The molecule has 116 valence electrons. The molecule has 0 spiro atoms. The molecule has 0 aromatic heterocycles. The van der Waals surface area contributed by atoms with Gasteiger partial charge in [0.15, 0.2) is 0 Å². The number of nitrogens with two attached hydrogens (primary N) is 1. The van der Waals surface area contributed by atoms with Crippen molar-refractivity contribution in [3.63, 3.8) is 0 Å². The summed E-state index contributed by atoms with van der Waals surface area (Å²) in [5.74, 6) is -1.96. The van der Waals surface area contributed by atoms with Crippen LogP contribution in [0.2, 0.25) is 5.02 Å². The molecule has 8 heteroatoms. The second kappa shape index (κ2) is 5.81. The highest BCUT2D eigenvalue weighted by Gasteiger charge is 2.48. The van der Waals surface area contributed by atoms with Gasteiger partial charge < -0.3 is 10.6 Å². The summed E-state index contributed by atoms with van der Waals surface area (Å²) >= 11 is 5.67. The van der Waals surface area contributed by atoms with E-state index in [2.05, 4.69) is 0 Å². The van der Waals surface area contributed by atoms with Gasteiger partial charge >= 0.3 is 6.18 Å². The molecule has 1 aromatic rings. The summed E-state index contributed by atoms with van der Waals surface area (Å²) < 4.78 is 52.7. The number of benzene rings is 1. The SMILES string of the molecule is N[C@@H]1CC[C@@H](C(F)(F)F)N(C(=O)c2cc(Cl)ccc2F)C1. The van der Waals surface area contributed by atoms with Gasteiger partial charge in [0.2, 0.25) is 0 Å². The molecule has 0 bridgehead atoms. The summed E-state index contributed by atoms with van der Waals surface area (Å²) in [6, 6.07) is 0.670. The predicted molar refractivity (Wildman–Crippen MR) is 69.5 cm³/mol. The van der Waals surface area contributed by atoms with E-state index >= 15 is 0 Å². The first-order chi connectivity index (χ1) is 9.70. The van der Waals surface area contributed by atoms with Gasteiger partial charge in [0.05, 0.1) is 5.56 Å². The van der Waals surface area contributed by atoms with Gasteiger partial charge in [0, 0.05) is 17.6 Å². The van der Waals surface area contributed by atoms with Crippen LogP contribution in [-0.4, -0.2) is 35.6 Å². The van der Waals surface area contributed by atoms with Crippen LogP contribution in [0.15, 0.2) is 18.2 Å². The lowest BCUT2D eigenvalue weighted by Crippen LogP contribution is -2.56. The average molecular weight is 325 g/mol. The fourth-order valence-electron chi connectivity index (χ4n) is 2.38. The first-order valence-corrected chi connectivity index (χ1v) is 6.66. The van der Waals surface area contributed by atoms with Crippen molar-refractivity contribution >= 4 is 17.5 Å². The van der Waals surface area contributed by atoms with Crippen LogP contribution in [0.3, 0.4) is 0 Å². The molecule has 2 atom stereocenters. The molecule has 1 aliphatic heterocycles. The first kappa shape index (κ1) is 16.0. The average Bonchev–Trinajstić information content (AvgIpc) is 2.39. The summed E-state index contributed by atoms with van der Waals surface area (Å²) in [5.41, 5.74) is 5.15. The molecule has 0 unspecified atom stereocenters. The maximum absolute atomic E-state index is 13.7. The molecule has 0 saturated carbocycles. The van der Waals surface area contributed by atoms with Crippen molar-refractivity contribution in [3.05, 3.63) is 34.6 Å². The van der Waals surface area contributed by atoms with Gasteiger partial charge in [0.25, 0.3) is 5.91 Å². The Kier molecular flexibility index (Phi) is 4.43. The molecule has 1 heterocycles. The van der Waals surface area contributed by atoms with Crippen molar-refractivity contribution in [1.29, 1.82) is 0 Å². The lowest BCUT2D eigenvalue weighted by molar-refractivity contribution is -0.184. The lowest BCUT2D eigenvalue weighted by Gasteiger charge is -2.39. The molecule has 1 saturated heterocycles. The number of nitrogens with zero attached hydrogens (tertiary/aromatic N) is 1. The molecule has 0 radical (unpaired) electrons. The number of rotatable bonds is 1. The maximum atomic E-state index is 13.7. The first-order valence-electron chi connectivity index (χ1n) is 6.28. The van der Waals surface area contributed by atoms with E-state index in [1.165, 1.54) is 6.07 Å². The molecule has 1 amide bonds. The summed E-state index contributed by atoms with van der Waals surface area (Å²) in [5, 5.41) is 0.0737. The van der Waals surface area contributed by atoms with E-state index in [4.69, 9.17) is 17.3 Å². The molecular formula is C13H13ClF4N2O. The number of amides is 1. The van der Waals surface area contributed by atoms with Crippen LogP contribution >= 0.6 is 11.6 Å². The predicted octanol–water partition coefficient (Wildman–Crippen LogP) is 2.97. The van der Waals surface area contributed by atoms with Crippen molar-refractivity contribution < 1.29 is 22.4 Å². The van der Waals surface area contributed by atoms with E-state index in [0.29, 0.717) is 4.90 Å². The molecule has 1 aromatic carbocycles.